The second-order valence-electron chi connectivity index (χ2n) is 1.72. The first kappa shape index (κ1) is 8.27. The highest BCUT2D eigenvalue weighted by Crippen LogP contribution is 2.16. The van der Waals surface area contributed by atoms with Crippen molar-refractivity contribution in [2.75, 3.05) is 0 Å². The molecule has 0 radical (unpaired) electrons. The normalized spacial score (nSPS) is 12.4. The number of hydrogen-bond donors (Lipinski definition) is 0. The van der Waals surface area contributed by atoms with Crippen molar-refractivity contribution in [1.82, 2.24) is 0 Å². The van der Waals surface area contributed by atoms with Crippen LogP contribution in [0.2, 0.25) is 0 Å². The SMILES string of the molecule is C=C(C)/C=C\C(F)(F)F. The minimum absolute atomic E-state index is 0.162. The van der Waals surface area contributed by atoms with Crippen LogP contribution in [-0.4, -0.2) is 6.18 Å². The van der Waals surface area contributed by atoms with Gasteiger partial charge in [0.2, 0.25) is 0 Å². The van der Waals surface area contributed by atoms with Gasteiger partial charge in [0.15, 0.2) is 0 Å². The molecule has 0 unspecified atom stereocenters. The summed E-state index contributed by atoms with van der Waals surface area (Å²) in [6.45, 7) is 4.77. The van der Waals surface area contributed by atoms with E-state index in [0.29, 0.717) is 5.57 Å². The summed E-state index contributed by atoms with van der Waals surface area (Å²) in [6, 6.07) is 0. The van der Waals surface area contributed by atoms with Gasteiger partial charge < -0.3 is 0 Å². The van der Waals surface area contributed by atoms with Crippen molar-refractivity contribution in [2.45, 2.75) is 13.1 Å². The summed E-state index contributed by atoms with van der Waals surface area (Å²) >= 11 is 0. The Hall–Kier alpha value is -0.730. The zero-order valence-corrected chi connectivity index (χ0v) is 5.00. The van der Waals surface area contributed by atoms with E-state index in [4.69, 9.17) is 0 Å². The number of alkyl halides is 3. The van der Waals surface area contributed by atoms with Crippen LogP contribution in [0.25, 0.3) is 0 Å². The Morgan fingerprint density at radius 3 is 2.00 bits per heavy atom. The molecule has 0 heterocycles. The van der Waals surface area contributed by atoms with Crippen molar-refractivity contribution in [2.24, 2.45) is 0 Å². The molecule has 0 amide bonds. The largest absolute Gasteiger partial charge is 0.409 e. The van der Waals surface area contributed by atoms with Gasteiger partial charge in [-0.2, -0.15) is 13.2 Å². The Labute approximate surface area is 51.7 Å². The van der Waals surface area contributed by atoms with Crippen LogP contribution in [0.1, 0.15) is 6.92 Å². The van der Waals surface area contributed by atoms with Gasteiger partial charge in [0, 0.05) is 6.08 Å². The lowest BCUT2D eigenvalue weighted by molar-refractivity contribution is -0.0798. The maximum Gasteiger partial charge on any atom is 0.409 e. The van der Waals surface area contributed by atoms with Gasteiger partial charge in [-0.3, -0.25) is 0 Å². The standard InChI is InChI=1S/C6H7F3/c1-5(2)3-4-6(7,8)9/h3-4H,1H2,2H3/b4-3-. The highest BCUT2D eigenvalue weighted by Gasteiger charge is 2.21. The third kappa shape index (κ3) is 7.27. The summed E-state index contributed by atoms with van der Waals surface area (Å²) in [7, 11) is 0. The molecule has 0 atom stereocenters. The van der Waals surface area contributed by atoms with E-state index in [1.54, 1.807) is 0 Å². The third-order valence-corrected chi connectivity index (χ3v) is 0.557. The highest BCUT2D eigenvalue weighted by atomic mass is 19.4. The van der Waals surface area contributed by atoms with Crippen molar-refractivity contribution in [1.29, 1.82) is 0 Å². The van der Waals surface area contributed by atoms with E-state index in [9.17, 15) is 13.2 Å². The quantitative estimate of drug-likeness (QED) is 0.486. The summed E-state index contributed by atoms with van der Waals surface area (Å²) in [5.41, 5.74) is 0.396. The second kappa shape index (κ2) is 2.71. The predicted molar refractivity (Wildman–Crippen MR) is 30.0 cm³/mol. The summed E-state index contributed by atoms with van der Waals surface area (Å²) in [6.07, 6.45) is -3.12. The number of hydrogen-bond acceptors (Lipinski definition) is 0. The van der Waals surface area contributed by atoms with Gasteiger partial charge in [-0.15, -0.1) is 0 Å². The van der Waals surface area contributed by atoms with Crippen molar-refractivity contribution < 1.29 is 13.2 Å². The van der Waals surface area contributed by atoms with Crippen molar-refractivity contribution in [3.63, 3.8) is 0 Å². The number of allylic oxidation sites excluding steroid dienone is 3. The summed E-state index contributed by atoms with van der Waals surface area (Å²) in [4.78, 5) is 0. The molecule has 3 heteroatoms. The smallest absolute Gasteiger partial charge is 0.167 e. The average Bonchev–Trinajstić information content (AvgIpc) is 1.59. The zero-order chi connectivity index (χ0) is 7.49. The fraction of sp³-hybridized carbons (Fsp3) is 0.333. The lowest BCUT2D eigenvalue weighted by Crippen LogP contribution is -2.00. The fourth-order valence-electron chi connectivity index (χ4n) is 0.237. The monoisotopic (exact) mass is 136 g/mol. The van der Waals surface area contributed by atoms with Gasteiger partial charge in [-0.05, 0) is 6.92 Å². The van der Waals surface area contributed by atoms with Gasteiger partial charge in [0.25, 0.3) is 0 Å². The first-order valence-corrected chi connectivity index (χ1v) is 2.33. The Kier molecular flexibility index (Phi) is 2.49. The molecule has 0 aliphatic rings. The molecule has 9 heavy (non-hydrogen) atoms. The summed E-state index contributed by atoms with van der Waals surface area (Å²) in [5, 5.41) is 0. The lowest BCUT2D eigenvalue weighted by Gasteiger charge is -1.95. The average molecular weight is 136 g/mol. The van der Waals surface area contributed by atoms with E-state index in [-0.39, 0.29) is 6.08 Å². The van der Waals surface area contributed by atoms with Crippen LogP contribution in [-0.2, 0) is 0 Å². The molecule has 0 aliphatic heterocycles. The van der Waals surface area contributed by atoms with Gasteiger partial charge in [0.05, 0.1) is 0 Å². The highest BCUT2D eigenvalue weighted by molar-refractivity contribution is 5.12. The maximum atomic E-state index is 11.3. The number of halogens is 3. The number of rotatable bonds is 1. The molecular formula is C6H7F3. The van der Waals surface area contributed by atoms with Crippen molar-refractivity contribution in [3.05, 3.63) is 24.3 Å². The van der Waals surface area contributed by atoms with Crippen LogP contribution in [0.3, 0.4) is 0 Å². The van der Waals surface area contributed by atoms with Crippen molar-refractivity contribution in [3.8, 4) is 0 Å². The molecule has 0 spiro atoms. The molecule has 0 rings (SSSR count). The lowest BCUT2D eigenvalue weighted by atomic mass is 10.3. The molecule has 52 valence electrons. The van der Waals surface area contributed by atoms with Crippen LogP contribution in [0.15, 0.2) is 24.3 Å². The first-order chi connectivity index (χ1) is 3.92. The van der Waals surface area contributed by atoms with E-state index in [0.717, 1.165) is 6.08 Å². The topological polar surface area (TPSA) is 0 Å². The summed E-state index contributed by atoms with van der Waals surface area (Å²) < 4.78 is 33.9. The summed E-state index contributed by atoms with van der Waals surface area (Å²) in [5.74, 6) is 0. The van der Waals surface area contributed by atoms with E-state index in [1.165, 1.54) is 6.92 Å². The Morgan fingerprint density at radius 2 is 1.89 bits per heavy atom. The fourth-order valence-corrected chi connectivity index (χ4v) is 0.237. The Balaban J connectivity index is 3.86. The van der Waals surface area contributed by atoms with Crippen LogP contribution in [0, 0.1) is 0 Å². The van der Waals surface area contributed by atoms with Gasteiger partial charge in [-0.25, -0.2) is 0 Å². The minimum atomic E-state index is -4.21. The van der Waals surface area contributed by atoms with Gasteiger partial charge in [0.1, 0.15) is 0 Å². The van der Waals surface area contributed by atoms with Gasteiger partial charge in [-0.1, -0.05) is 18.2 Å². The molecule has 0 saturated carbocycles. The van der Waals surface area contributed by atoms with Crippen molar-refractivity contribution >= 4 is 0 Å². The van der Waals surface area contributed by atoms with Gasteiger partial charge >= 0.3 is 6.18 Å². The minimum Gasteiger partial charge on any atom is -0.167 e. The Bertz CT molecular complexity index is 130. The molecule has 0 nitrogen and oxygen atoms in total. The molecule has 0 aliphatic carbocycles. The van der Waals surface area contributed by atoms with Crippen LogP contribution in [0.5, 0.6) is 0 Å². The maximum absolute atomic E-state index is 11.3. The molecule has 0 aromatic carbocycles. The van der Waals surface area contributed by atoms with E-state index >= 15 is 0 Å². The van der Waals surface area contributed by atoms with E-state index < -0.39 is 6.18 Å². The first-order valence-electron chi connectivity index (χ1n) is 2.33. The predicted octanol–water partition coefficient (Wildman–Crippen LogP) is 2.68. The molecule has 0 saturated heterocycles. The van der Waals surface area contributed by atoms with Crippen LogP contribution >= 0.6 is 0 Å². The zero-order valence-electron chi connectivity index (χ0n) is 5.00. The molecule has 0 aromatic rings. The van der Waals surface area contributed by atoms with E-state index in [2.05, 4.69) is 6.58 Å². The van der Waals surface area contributed by atoms with Crippen LogP contribution < -0.4 is 0 Å². The molecule has 0 N–H and O–H groups in total. The van der Waals surface area contributed by atoms with E-state index in [1.807, 2.05) is 0 Å². The van der Waals surface area contributed by atoms with Crippen LogP contribution in [0.4, 0.5) is 13.2 Å². The molecule has 0 aromatic heterocycles. The second-order valence-corrected chi connectivity index (χ2v) is 1.72. The molecule has 0 bridgehead atoms. The molecular weight excluding hydrogens is 129 g/mol. The third-order valence-electron chi connectivity index (χ3n) is 0.557. The molecule has 0 fully saturated rings. The Morgan fingerprint density at radius 1 is 1.44 bits per heavy atom.